The standard InChI is InChI=1S/C15H12N4O3S/c20-12(21)6-16-14(22)11-7-23-15-17-5-9-8-3-1-2-4-10(8)18-13(9)19(11)15/h1-5,11H,6-7H2,(H,16,22)(H,20,21)/t11-/m0/s1. The number of carboxylic acids is 1. The highest BCUT2D eigenvalue weighted by Gasteiger charge is 2.33. The van der Waals surface area contributed by atoms with Gasteiger partial charge in [-0.1, -0.05) is 30.0 Å². The lowest BCUT2D eigenvalue weighted by molar-refractivity contribution is -0.138. The van der Waals surface area contributed by atoms with E-state index in [1.165, 1.54) is 11.8 Å². The molecule has 0 unspecified atom stereocenters. The van der Waals surface area contributed by atoms with E-state index in [0.717, 1.165) is 21.6 Å². The third kappa shape index (κ3) is 2.22. The number of fused-ring (bicyclic) bond motifs is 5. The Labute approximate surface area is 135 Å². The van der Waals surface area contributed by atoms with Crippen molar-refractivity contribution in [3.63, 3.8) is 0 Å². The van der Waals surface area contributed by atoms with Crippen molar-refractivity contribution in [3.05, 3.63) is 30.5 Å². The van der Waals surface area contributed by atoms with Gasteiger partial charge in [0.25, 0.3) is 0 Å². The van der Waals surface area contributed by atoms with Crippen LogP contribution in [0.1, 0.15) is 6.04 Å². The van der Waals surface area contributed by atoms with Crippen molar-refractivity contribution in [2.45, 2.75) is 11.2 Å². The molecule has 1 amide bonds. The number of nitrogens with zero attached hydrogens (tertiary/aromatic N) is 3. The number of rotatable bonds is 3. The number of nitrogens with one attached hydrogen (secondary N) is 1. The van der Waals surface area contributed by atoms with E-state index in [2.05, 4.69) is 15.3 Å². The minimum atomic E-state index is -1.07. The maximum Gasteiger partial charge on any atom is 0.322 e. The summed E-state index contributed by atoms with van der Waals surface area (Å²) in [5, 5.41) is 12.9. The van der Waals surface area contributed by atoms with Gasteiger partial charge < -0.3 is 10.4 Å². The predicted octanol–water partition coefficient (Wildman–Crippen LogP) is 1.38. The number of thioether (sulfide) groups is 1. The second-order valence-corrected chi connectivity index (χ2v) is 6.20. The number of aliphatic carboxylic acids is 1. The van der Waals surface area contributed by atoms with Crippen LogP contribution in [0.5, 0.6) is 0 Å². The summed E-state index contributed by atoms with van der Waals surface area (Å²) in [5.74, 6) is -0.176. The molecule has 1 aromatic carbocycles. The molecule has 1 atom stereocenters. The van der Waals surface area contributed by atoms with Crippen molar-refractivity contribution >= 4 is 34.5 Å². The van der Waals surface area contributed by atoms with Crippen molar-refractivity contribution in [1.82, 2.24) is 19.9 Å². The number of carbonyl (C=O) groups excluding carboxylic acids is 1. The molecule has 0 bridgehead atoms. The Hall–Kier alpha value is -2.61. The van der Waals surface area contributed by atoms with E-state index in [4.69, 9.17) is 5.11 Å². The number of amides is 1. The number of hydrogen-bond acceptors (Lipinski definition) is 5. The lowest BCUT2D eigenvalue weighted by atomic mass is 10.1. The Kier molecular flexibility index (Phi) is 3.19. The van der Waals surface area contributed by atoms with Crippen LogP contribution in [-0.2, 0) is 9.59 Å². The normalized spacial score (nSPS) is 16.6. The molecule has 2 N–H and O–H groups in total. The summed E-state index contributed by atoms with van der Waals surface area (Å²) in [4.78, 5) is 32.0. The monoisotopic (exact) mass is 328 g/mol. The zero-order chi connectivity index (χ0) is 16.0. The van der Waals surface area contributed by atoms with Gasteiger partial charge in [0, 0.05) is 22.9 Å². The van der Waals surface area contributed by atoms with Gasteiger partial charge in [-0.3, -0.25) is 14.2 Å². The number of carboxylic acid groups (broad SMARTS) is 1. The first kappa shape index (κ1) is 14.0. The summed E-state index contributed by atoms with van der Waals surface area (Å²) in [6.45, 7) is -0.393. The fraction of sp³-hybridized carbons (Fsp3) is 0.200. The van der Waals surface area contributed by atoms with Gasteiger partial charge in [0.15, 0.2) is 5.16 Å². The van der Waals surface area contributed by atoms with Crippen LogP contribution in [0.3, 0.4) is 0 Å². The number of carbonyl (C=O) groups is 2. The Morgan fingerprint density at radius 1 is 1.39 bits per heavy atom. The van der Waals surface area contributed by atoms with Gasteiger partial charge in [0.2, 0.25) is 5.91 Å². The van der Waals surface area contributed by atoms with Crippen LogP contribution >= 0.6 is 11.8 Å². The lowest BCUT2D eigenvalue weighted by Crippen LogP contribution is -2.36. The van der Waals surface area contributed by atoms with Crippen LogP contribution < -0.4 is 5.32 Å². The van der Waals surface area contributed by atoms with Crippen LogP contribution in [0, 0.1) is 0 Å². The molecule has 0 spiro atoms. The number of benzene rings is 1. The van der Waals surface area contributed by atoms with Crippen molar-refractivity contribution in [2.24, 2.45) is 0 Å². The molecule has 0 saturated heterocycles. The minimum Gasteiger partial charge on any atom is -0.480 e. The molecule has 0 aromatic heterocycles. The summed E-state index contributed by atoms with van der Waals surface area (Å²) >= 11 is 1.47. The Balaban J connectivity index is 1.79. The maximum atomic E-state index is 12.3. The van der Waals surface area contributed by atoms with Crippen molar-refractivity contribution in [2.75, 3.05) is 12.3 Å². The fourth-order valence-corrected chi connectivity index (χ4v) is 3.85. The van der Waals surface area contributed by atoms with Crippen molar-refractivity contribution < 1.29 is 14.7 Å². The molecule has 8 heteroatoms. The van der Waals surface area contributed by atoms with E-state index in [9.17, 15) is 9.59 Å². The Bertz CT molecular complexity index is 907. The van der Waals surface area contributed by atoms with E-state index in [1.54, 1.807) is 10.8 Å². The van der Waals surface area contributed by atoms with Gasteiger partial charge in [0.1, 0.15) is 18.4 Å². The van der Waals surface area contributed by atoms with E-state index in [0.29, 0.717) is 11.6 Å². The van der Waals surface area contributed by atoms with Gasteiger partial charge in [-0.05, 0) is 6.07 Å². The van der Waals surface area contributed by atoms with Gasteiger partial charge >= 0.3 is 5.97 Å². The number of aromatic nitrogens is 3. The first-order chi connectivity index (χ1) is 11.1. The van der Waals surface area contributed by atoms with Crippen LogP contribution in [0.2, 0.25) is 0 Å². The van der Waals surface area contributed by atoms with Crippen LogP contribution in [-0.4, -0.2) is 43.8 Å². The zero-order valence-corrected chi connectivity index (χ0v) is 12.7. The maximum absolute atomic E-state index is 12.3. The van der Waals surface area contributed by atoms with E-state index >= 15 is 0 Å². The highest BCUT2D eigenvalue weighted by atomic mass is 32.2. The van der Waals surface area contributed by atoms with E-state index in [1.807, 2.05) is 24.3 Å². The minimum absolute atomic E-state index is 0.329. The lowest BCUT2D eigenvalue weighted by Gasteiger charge is -2.16. The van der Waals surface area contributed by atoms with E-state index in [-0.39, 0.29) is 5.91 Å². The van der Waals surface area contributed by atoms with Crippen LogP contribution in [0.15, 0.2) is 35.6 Å². The largest absolute Gasteiger partial charge is 0.480 e. The molecule has 116 valence electrons. The molecule has 23 heavy (non-hydrogen) atoms. The third-order valence-electron chi connectivity index (χ3n) is 3.80. The molecule has 0 radical (unpaired) electrons. The first-order valence-corrected chi connectivity index (χ1v) is 8.01. The van der Waals surface area contributed by atoms with Gasteiger partial charge in [-0.2, -0.15) is 0 Å². The molecule has 3 aliphatic rings. The summed E-state index contributed by atoms with van der Waals surface area (Å²) < 4.78 is 1.80. The van der Waals surface area contributed by atoms with E-state index < -0.39 is 18.6 Å². The van der Waals surface area contributed by atoms with Gasteiger partial charge in [-0.25, -0.2) is 9.97 Å². The average Bonchev–Trinajstić information content (AvgIpc) is 3.13. The Morgan fingerprint density at radius 3 is 3.04 bits per heavy atom. The molecule has 3 heterocycles. The molecule has 4 rings (SSSR count). The van der Waals surface area contributed by atoms with Crippen molar-refractivity contribution in [3.8, 4) is 11.4 Å². The summed E-state index contributed by atoms with van der Waals surface area (Å²) in [5.41, 5.74) is 1.75. The number of para-hydroxylation sites is 1. The van der Waals surface area contributed by atoms with Crippen LogP contribution in [0.4, 0.5) is 0 Å². The second kappa shape index (κ2) is 5.24. The summed E-state index contributed by atoms with van der Waals surface area (Å²) in [6.07, 6.45) is 1.78. The number of hydrogen-bond donors (Lipinski definition) is 2. The third-order valence-corrected chi connectivity index (χ3v) is 4.84. The smallest absolute Gasteiger partial charge is 0.322 e. The van der Waals surface area contributed by atoms with Gasteiger partial charge in [0.05, 0.1) is 5.52 Å². The zero-order valence-electron chi connectivity index (χ0n) is 11.9. The fourth-order valence-electron chi connectivity index (χ4n) is 2.77. The van der Waals surface area contributed by atoms with Gasteiger partial charge in [-0.15, -0.1) is 0 Å². The average molecular weight is 328 g/mol. The molecular formula is C15H12N4O3S. The molecule has 0 fully saturated rings. The van der Waals surface area contributed by atoms with Crippen molar-refractivity contribution in [1.29, 1.82) is 0 Å². The molecule has 3 aliphatic heterocycles. The SMILES string of the molecule is O=C(O)CNC(=O)[C@@H]1CSc2ncc3c4ccccc4nc-3n21. The second-order valence-electron chi connectivity index (χ2n) is 5.22. The van der Waals surface area contributed by atoms with Crippen LogP contribution in [0.25, 0.3) is 22.3 Å². The predicted molar refractivity (Wildman–Crippen MR) is 84.6 cm³/mol. The molecule has 1 aromatic rings. The summed E-state index contributed by atoms with van der Waals surface area (Å²) in [7, 11) is 0. The Morgan fingerprint density at radius 2 is 2.22 bits per heavy atom. The highest BCUT2D eigenvalue weighted by Crippen LogP contribution is 2.40. The molecule has 0 aliphatic carbocycles. The molecule has 0 saturated carbocycles. The highest BCUT2D eigenvalue weighted by molar-refractivity contribution is 7.99. The molecular weight excluding hydrogens is 316 g/mol. The summed E-state index contributed by atoms with van der Waals surface area (Å²) in [6, 6.07) is 7.24. The quantitative estimate of drug-likeness (QED) is 0.705. The first-order valence-electron chi connectivity index (χ1n) is 7.03. The molecule has 7 nitrogen and oxygen atoms in total. The topological polar surface area (TPSA) is 97.1 Å².